The molecule has 0 bridgehead atoms. The lowest BCUT2D eigenvalue weighted by molar-refractivity contribution is -0.266. The highest BCUT2D eigenvalue weighted by Crippen LogP contribution is 2.44. The molecule has 1 unspecified atom stereocenters. The summed E-state index contributed by atoms with van der Waals surface area (Å²) in [6, 6.07) is 11.1. The van der Waals surface area contributed by atoms with Gasteiger partial charge >= 0.3 is 0 Å². The van der Waals surface area contributed by atoms with Gasteiger partial charge in [-0.3, -0.25) is 0 Å². The molecule has 43 heavy (non-hydrogen) atoms. The van der Waals surface area contributed by atoms with Crippen molar-refractivity contribution < 1.29 is 19.3 Å². The lowest BCUT2D eigenvalue weighted by Crippen LogP contribution is -2.41. The summed E-state index contributed by atoms with van der Waals surface area (Å²) in [7, 11) is -1.51. The zero-order chi connectivity index (χ0) is 30.7. The van der Waals surface area contributed by atoms with E-state index in [-0.39, 0.29) is 18.4 Å². The molecule has 2 saturated carbocycles. The van der Waals surface area contributed by atoms with Crippen LogP contribution in [-0.2, 0) is 14.2 Å². The average Bonchev–Trinajstić information content (AvgIpc) is 3.01. The molecule has 3 fully saturated rings. The lowest BCUT2D eigenvalue weighted by Gasteiger charge is -2.38. The number of unbranched alkanes of at least 4 members (excludes halogenated alkanes) is 2. The molecule has 0 aromatic heterocycles. The molecule has 1 aromatic carbocycles. The predicted octanol–water partition coefficient (Wildman–Crippen LogP) is 9.07. The van der Waals surface area contributed by atoms with Crippen LogP contribution in [0.5, 0.6) is 0 Å². The molecule has 246 valence electrons. The van der Waals surface area contributed by atoms with Crippen molar-refractivity contribution in [2.24, 2.45) is 29.6 Å². The van der Waals surface area contributed by atoms with Gasteiger partial charge in [0.2, 0.25) is 0 Å². The molecule has 0 amide bonds. The van der Waals surface area contributed by atoms with Crippen LogP contribution in [0.3, 0.4) is 0 Å². The summed E-state index contributed by atoms with van der Waals surface area (Å²) in [5.41, 5.74) is 1.58. The molecular formula is C38H66O4Si. The first-order chi connectivity index (χ1) is 20.7. The van der Waals surface area contributed by atoms with Crippen molar-refractivity contribution >= 4 is 13.3 Å². The standard InChI is InChI=1S/C38H66O4Si/c1-6-7-8-10-30-12-14-33(15-13-30)34-16-18-35(19-17-34)36-20-22-37(23-21-36)43(4,5)24-9-11-31(25-39)26-40-27-32-28-41-38(2,3)42-29-32/h20-23,30-35,39H,6-19,24-29H2,1-5H3. The highest BCUT2D eigenvalue weighted by Gasteiger charge is 2.32. The van der Waals surface area contributed by atoms with Gasteiger partial charge in [-0.05, 0) is 88.0 Å². The molecule has 0 radical (unpaired) electrons. The highest BCUT2D eigenvalue weighted by atomic mass is 28.3. The quantitative estimate of drug-likeness (QED) is 0.149. The molecule has 0 spiro atoms. The summed E-state index contributed by atoms with van der Waals surface area (Å²) >= 11 is 0. The molecule has 1 aromatic rings. The number of benzene rings is 1. The summed E-state index contributed by atoms with van der Waals surface area (Å²) in [5, 5.41) is 11.5. The van der Waals surface area contributed by atoms with Gasteiger partial charge in [0.05, 0.1) is 34.5 Å². The van der Waals surface area contributed by atoms with Crippen LogP contribution in [-0.4, -0.2) is 52.0 Å². The Morgan fingerprint density at radius 1 is 0.860 bits per heavy atom. The Kier molecular flexibility index (Phi) is 14.1. The summed E-state index contributed by atoms with van der Waals surface area (Å²) in [6.45, 7) is 14.1. The Labute approximate surface area is 266 Å². The van der Waals surface area contributed by atoms with Gasteiger partial charge in [-0.15, -0.1) is 0 Å². The van der Waals surface area contributed by atoms with Gasteiger partial charge < -0.3 is 19.3 Å². The van der Waals surface area contributed by atoms with E-state index >= 15 is 0 Å². The van der Waals surface area contributed by atoms with E-state index in [0.717, 1.165) is 36.5 Å². The minimum Gasteiger partial charge on any atom is -0.396 e. The van der Waals surface area contributed by atoms with Gasteiger partial charge in [0, 0.05) is 18.4 Å². The van der Waals surface area contributed by atoms with Gasteiger partial charge in [0.25, 0.3) is 0 Å². The van der Waals surface area contributed by atoms with Crippen LogP contribution in [0.15, 0.2) is 24.3 Å². The Hall–Kier alpha value is -0.723. The third-order valence-electron chi connectivity index (χ3n) is 11.4. The smallest absolute Gasteiger partial charge is 0.162 e. The number of aliphatic hydroxyl groups excluding tert-OH is 1. The van der Waals surface area contributed by atoms with Gasteiger partial charge in [0.15, 0.2) is 5.79 Å². The molecule has 1 aliphatic heterocycles. The fraction of sp³-hybridized carbons (Fsp3) is 0.842. The number of hydrogen-bond acceptors (Lipinski definition) is 4. The van der Waals surface area contributed by atoms with Crippen LogP contribution in [0, 0.1) is 29.6 Å². The molecule has 4 rings (SSSR count). The molecule has 3 aliphatic rings. The minimum atomic E-state index is -1.51. The molecule has 4 nitrogen and oxygen atoms in total. The number of rotatable bonds is 16. The van der Waals surface area contributed by atoms with Crippen LogP contribution in [0.4, 0.5) is 0 Å². The van der Waals surface area contributed by atoms with Crippen LogP contribution >= 0.6 is 0 Å². The van der Waals surface area contributed by atoms with Crippen molar-refractivity contribution in [2.75, 3.05) is 33.0 Å². The fourth-order valence-electron chi connectivity index (χ4n) is 8.19. The van der Waals surface area contributed by atoms with E-state index in [9.17, 15) is 5.11 Å². The number of ether oxygens (including phenoxy) is 3. The van der Waals surface area contributed by atoms with Crippen molar-refractivity contribution in [2.45, 2.75) is 142 Å². The first-order valence-corrected chi connectivity index (χ1v) is 21.5. The van der Waals surface area contributed by atoms with E-state index in [1.165, 1.54) is 83.1 Å². The van der Waals surface area contributed by atoms with Crippen molar-refractivity contribution in [3.8, 4) is 0 Å². The molecule has 2 aliphatic carbocycles. The van der Waals surface area contributed by atoms with E-state index in [0.29, 0.717) is 26.4 Å². The Morgan fingerprint density at radius 3 is 2.09 bits per heavy atom. The summed E-state index contributed by atoms with van der Waals surface area (Å²) in [6.07, 6.45) is 19.7. The zero-order valence-corrected chi connectivity index (χ0v) is 29.6. The van der Waals surface area contributed by atoms with Gasteiger partial charge in [-0.2, -0.15) is 0 Å². The second kappa shape index (κ2) is 17.3. The third kappa shape index (κ3) is 11.2. The molecule has 1 atom stereocenters. The zero-order valence-electron chi connectivity index (χ0n) is 28.6. The van der Waals surface area contributed by atoms with E-state index in [1.54, 1.807) is 10.8 Å². The second-order valence-corrected chi connectivity index (χ2v) is 20.6. The summed E-state index contributed by atoms with van der Waals surface area (Å²) in [5.74, 6) is 3.83. The van der Waals surface area contributed by atoms with E-state index in [1.807, 2.05) is 13.8 Å². The Bertz CT molecular complexity index is 889. The van der Waals surface area contributed by atoms with Gasteiger partial charge in [0.1, 0.15) is 0 Å². The first kappa shape index (κ1) is 35.1. The van der Waals surface area contributed by atoms with E-state index < -0.39 is 13.9 Å². The lowest BCUT2D eigenvalue weighted by atomic mass is 9.68. The van der Waals surface area contributed by atoms with Crippen LogP contribution in [0.1, 0.15) is 122 Å². The maximum Gasteiger partial charge on any atom is 0.162 e. The average molecular weight is 615 g/mol. The van der Waals surface area contributed by atoms with Crippen molar-refractivity contribution in [3.05, 3.63) is 29.8 Å². The Balaban J connectivity index is 1.13. The van der Waals surface area contributed by atoms with Crippen molar-refractivity contribution in [1.82, 2.24) is 0 Å². The minimum absolute atomic E-state index is 0.198. The third-order valence-corrected chi connectivity index (χ3v) is 14.9. The highest BCUT2D eigenvalue weighted by molar-refractivity contribution is 6.89. The number of hydrogen-bond donors (Lipinski definition) is 1. The molecule has 1 N–H and O–H groups in total. The molecule has 1 heterocycles. The summed E-state index contributed by atoms with van der Waals surface area (Å²) in [4.78, 5) is 0. The van der Waals surface area contributed by atoms with Crippen LogP contribution in [0.2, 0.25) is 19.1 Å². The predicted molar refractivity (Wildman–Crippen MR) is 183 cm³/mol. The monoisotopic (exact) mass is 614 g/mol. The molecule has 1 saturated heterocycles. The second-order valence-electron chi connectivity index (χ2n) is 15.8. The SMILES string of the molecule is CCCCCC1CCC(C2CCC(c3ccc([Si](C)(C)CCCC(CO)COCC4COC(C)(C)OC4)cc3)CC2)CC1. The van der Waals surface area contributed by atoms with Crippen molar-refractivity contribution in [3.63, 3.8) is 0 Å². The summed E-state index contributed by atoms with van der Waals surface area (Å²) < 4.78 is 17.5. The first-order valence-electron chi connectivity index (χ1n) is 18.3. The molecular weight excluding hydrogens is 549 g/mol. The van der Waals surface area contributed by atoms with Gasteiger partial charge in [-0.1, -0.05) is 100 Å². The van der Waals surface area contributed by atoms with Gasteiger partial charge in [-0.25, -0.2) is 0 Å². The topological polar surface area (TPSA) is 47.9 Å². The normalized spacial score (nSPS) is 27.7. The van der Waals surface area contributed by atoms with E-state index in [4.69, 9.17) is 14.2 Å². The maximum atomic E-state index is 9.95. The molecule has 5 heteroatoms. The van der Waals surface area contributed by atoms with Crippen molar-refractivity contribution in [1.29, 1.82) is 0 Å². The van der Waals surface area contributed by atoms with Crippen LogP contribution < -0.4 is 5.19 Å². The fourth-order valence-corrected chi connectivity index (χ4v) is 10.6. The maximum absolute atomic E-state index is 9.95. The Morgan fingerprint density at radius 2 is 1.49 bits per heavy atom. The largest absolute Gasteiger partial charge is 0.396 e. The number of aliphatic hydroxyl groups is 1. The van der Waals surface area contributed by atoms with Crippen LogP contribution in [0.25, 0.3) is 0 Å². The van der Waals surface area contributed by atoms with E-state index in [2.05, 4.69) is 44.3 Å².